The van der Waals surface area contributed by atoms with Crippen LogP contribution in [-0.4, -0.2) is 13.7 Å². The number of nitrogens with zero attached hydrogens (tertiary/aromatic N) is 3. The summed E-state index contributed by atoms with van der Waals surface area (Å²) in [5, 5.41) is 6.64. The van der Waals surface area contributed by atoms with E-state index in [4.69, 9.17) is 4.42 Å². The van der Waals surface area contributed by atoms with Crippen LogP contribution in [-0.2, 0) is 16.6 Å². The van der Waals surface area contributed by atoms with Crippen LogP contribution in [0.2, 0.25) is 0 Å². The number of aromatic nitrogens is 3. The van der Waals surface area contributed by atoms with Gasteiger partial charge in [0.05, 0.1) is 16.3 Å². The first-order valence-corrected chi connectivity index (χ1v) is 15.5. The van der Waals surface area contributed by atoms with Crippen LogP contribution in [0.5, 0.6) is 0 Å². The zero-order valence-corrected chi connectivity index (χ0v) is 27.4. The van der Waals surface area contributed by atoms with Crippen molar-refractivity contribution >= 4 is 53.8 Å². The van der Waals surface area contributed by atoms with Gasteiger partial charge in [0.25, 0.3) is 16.7 Å². The first-order valence-electron chi connectivity index (χ1n) is 13.8. The quantitative estimate of drug-likeness (QED) is 0.176. The highest BCUT2D eigenvalue weighted by Gasteiger charge is 2.18. The third-order valence-electron chi connectivity index (χ3n) is 6.71. The molecule has 0 aromatic carbocycles. The van der Waals surface area contributed by atoms with E-state index in [1.807, 2.05) is 116 Å². The first kappa shape index (κ1) is 31.3. The number of pyridine rings is 3. The Morgan fingerprint density at radius 1 is 0.571 bits per heavy atom. The van der Waals surface area contributed by atoms with Gasteiger partial charge >= 0.3 is 0 Å². The van der Waals surface area contributed by atoms with Crippen molar-refractivity contribution in [2.24, 2.45) is 0 Å². The molecule has 0 aliphatic heterocycles. The minimum atomic E-state index is -0.210. The Balaban J connectivity index is 0.000000145. The van der Waals surface area contributed by atoms with Gasteiger partial charge in [-0.05, 0) is 115 Å². The second kappa shape index (κ2) is 11.5. The zero-order chi connectivity index (χ0) is 31.0. The van der Waals surface area contributed by atoms with Crippen LogP contribution in [0.25, 0.3) is 31.1 Å². The summed E-state index contributed by atoms with van der Waals surface area (Å²) in [4.78, 5) is 35.9. The van der Waals surface area contributed by atoms with Crippen LogP contribution < -0.4 is 16.7 Å². The smallest absolute Gasteiger partial charge is 0.294 e. The minimum Gasteiger partial charge on any atom is -0.459 e. The Kier molecular flexibility index (Phi) is 8.58. The highest BCUT2D eigenvalue weighted by Crippen LogP contribution is 2.20. The number of hydrogen-bond acceptors (Lipinski definition) is 6. The molecule has 6 aromatic rings. The number of rotatable bonds is 0. The maximum absolute atomic E-state index is 12.0. The fraction of sp³-hybridized carbons (Fsp3) is 0.364. The van der Waals surface area contributed by atoms with Crippen molar-refractivity contribution in [2.45, 2.75) is 78.9 Å². The molecule has 0 atom stereocenters. The monoisotopic (exact) mass is 605 g/mol. The van der Waals surface area contributed by atoms with Crippen LogP contribution in [0.4, 0.5) is 0 Å². The predicted octanol–water partition coefficient (Wildman–Crippen LogP) is 7.99. The SMILES string of the molecule is CC(C)(C)n1ccc2ccoc2c1=O.CC(C)(C)n1ccc2ccsc2c1=O.CC(C)(C)n1ccc2sccc2c1=O. The second-order valence-corrected chi connectivity index (χ2v) is 15.0. The Bertz CT molecular complexity index is 1780. The van der Waals surface area contributed by atoms with E-state index < -0.39 is 0 Å². The highest BCUT2D eigenvalue weighted by molar-refractivity contribution is 7.17. The lowest BCUT2D eigenvalue weighted by atomic mass is 10.1. The van der Waals surface area contributed by atoms with Gasteiger partial charge in [0.2, 0.25) is 0 Å². The van der Waals surface area contributed by atoms with Crippen LogP contribution in [0, 0.1) is 0 Å². The average molecular weight is 606 g/mol. The molecule has 9 heteroatoms. The van der Waals surface area contributed by atoms with Crippen molar-refractivity contribution in [1.29, 1.82) is 0 Å². The number of hydrogen-bond donors (Lipinski definition) is 0. The number of thiophene rings is 2. The van der Waals surface area contributed by atoms with Gasteiger partial charge in [-0.15, -0.1) is 22.7 Å². The fourth-order valence-corrected chi connectivity index (χ4v) is 6.06. The molecule has 0 unspecified atom stereocenters. The number of furan rings is 1. The van der Waals surface area contributed by atoms with Gasteiger partial charge in [0, 0.05) is 45.3 Å². The van der Waals surface area contributed by atoms with E-state index in [0.717, 1.165) is 25.6 Å². The molecule has 0 aliphatic carbocycles. The molecule has 42 heavy (non-hydrogen) atoms. The molecule has 0 radical (unpaired) electrons. The van der Waals surface area contributed by atoms with Gasteiger partial charge in [-0.1, -0.05) is 0 Å². The van der Waals surface area contributed by atoms with Gasteiger partial charge in [-0.25, -0.2) is 0 Å². The molecule has 0 spiro atoms. The van der Waals surface area contributed by atoms with Crippen molar-refractivity contribution in [3.8, 4) is 0 Å². The van der Waals surface area contributed by atoms with Gasteiger partial charge in [0.1, 0.15) is 0 Å². The zero-order valence-electron chi connectivity index (χ0n) is 25.7. The first-order chi connectivity index (χ1) is 19.5. The molecule has 0 fully saturated rings. The van der Waals surface area contributed by atoms with Crippen LogP contribution in [0.15, 0.2) is 90.8 Å². The Labute approximate surface area is 253 Å². The molecule has 0 N–H and O–H groups in total. The molecular weight excluding hydrogens is 567 g/mol. The average Bonchev–Trinajstić information content (AvgIpc) is 3.64. The third-order valence-corrected chi connectivity index (χ3v) is 8.51. The Morgan fingerprint density at radius 3 is 1.71 bits per heavy atom. The standard InChI is InChI=1S/C11H13NO2.2C11H13NOS/c1-11(2,3)12-6-4-8-5-7-14-9(8)10(12)13;1-11(2,3)12-6-4-9-8(10(12)13)5-7-14-9;1-11(2,3)12-6-4-8-5-7-14-9(8)10(12)13/h3*4-7H,1-3H3. The molecule has 0 amide bonds. The van der Waals surface area contributed by atoms with E-state index in [9.17, 15) is 14.4 Å². The molecular formula is C33H39N3O4S2. The normalized spacial score (nSPS) is 12.2. The summed E-state index contributed by atoms with van der Waals surface area (Å²) in [5.74, 6) is 0. The molecule has 0 saturated carbocycles. The summed E-state index contributed by atoms with van der Waals surface area (Å²) < 4.78 is 12.3. The molecule has 0 bridgehead atoms. The molecule has 0 saturated heterocycles. The summed E-state index contributed by atoms with van der Waals surface area (Å²) in [5.41, 5.74) is 0.0873. The summed E-state index contributed by atoms with van der Waals surface area (Å²) in [6, 6.07) is 11.6. The van der Waals surface area contributed by atoms with E-state index in [2.05, 4.69) is 0 Å². The van der Waals surface area contributed by atoms with Crippen molar-refractivity contribution in [3.63, 3.8) is 0 Å². The van der Waals surface area contributed by atoms with E-state index in [-0.39, 0.29) is 33.3 Å². The van der Waals surface area contributed by atoms with E-state index in [1.54, 1.807) is 43.6 Å². The lowest BCUT2D eigenvalue weighted by Gasteiger charge is -2.22. The molecule has 7 nitrogen and oxygen atoms in total. The summed E-state index contributed by atoms with van der Waals surface area (Å²) in [7, 11) is 0. The predicted molar refractivity (Wildman–Crippen MR) is 178 cm³/mol. The molecule has 6 heterocycles. The maximum Gasteiger partial charge on any atom is 0.294 e. The van der Waals surface area contributed by atoms with E-state index in [0.29, 0.717) is 5.58 Å². The Hall–Kier alpha value is -3.69. The highest BCUT2D eigenvalue weighted by atomic mass is 32.1. The molecule has 222 valence electrons. The number of fused-ring (bicyclic) bond motifs is 3. The van der Waals surface area contributed by atoms with Crippen molar-refractivity contribution in [2.75, 3.05) is 0 Å². The summed E-state index contributed by atoms with van der Waals surface area (Å²) in [6.45, 7) is 18.2. The maximum atomic E-state index is 12.0. The van der Waals surface area contributed by atoms with E-state index >= 15 is 0 Å². The summed E-state index contributed by atoms with van der Waals surface area (Å²) in [6.07, 6.45) is 7.10. The van der Waals surface area contributed by atoms with Crippen LogP contribution in [0.3, 0.4) is 0 Å². The van der Waals surface area contributed by atoms with Crippen LogP contribution >= 0.6 is 22.7 Å². The molecule has 0 aliphatic rings. The largest absolute Gasteiger partial charge is 0.459 e. The van der Waals surface area contributed by atoms with Crippen LogP contribution in [0.1, 0.15) is 62.3 Å². The second-order valence-electron chi connectivity index (χ2n) is 13.1. The van der Waals surface area contributed by atoms with Gasteiger partial charge in [0.15, 0.2) is 5.58 Å². The lowest BCUT2D eigenvalue weighted by Crippen LogP contribution is -2.32. The van der Waals surface area contributed by atoms with Crippen molar-refractivity contribution in [3.05, 3.63) is 103 Å². The van der Waals surface area contributed by atoms with Gasteiger partial charge in [-0.3, -0.25) is 14.4 Å². The topological polar surface area (TPSA) is 79.1 Å². The molecule has 6 aromatic heterocycles. The van der Waals surface area contributed by atoms with Crippen molar-refractivity contribution < 1.29 is 4.42 Å². The lowest BCUT2D eigenvalue weighted by molar-refractivity contribution is 0.383. The fourth-order valence-electron chi connectivity index (χ4n) is 4.46. The van der Waals surface area contributed by atoms with Gasteiger partial charge in [-0.2, -0.15) is 0 Å². The van der Waals surface area contributed by atoms with Gasteiger partial charge < -0.3 is 18.1 Å². The minimum absolute atomic E-state index is 0.0694. The van der Waals surface area contributed by atoms with Crippen molar-refractivity contribution in [1.82, 2.24) is 13.7 Å². The third kappa shape index (κ3) is 6.52. The summed E-state index contributed by atoms with van der Waals surface area (Å²) >= 11 is 3.12. The Morgan fingerprint density at radius 2 is 1.10 bits per heavy atom. The van der Waals surface area contributed by atoms with E-state index in [1.165, 1.54) is 11.3 Å². The molecule has 6 rings (SSSR count).